The molecule has 5 rings (SSSR count). The number of carboxylic acid groups (broad SMARTS) is 3. The van der Waals surface area contributed by atoms with Gasteiger partial charge in [-0.2, -0.15) is 39.5 Å². The molecular weight excluding hydrogens is 844 g/mol. The van der Waals surface area contributed by atoms with Crippen molar-refractivity contribution in [3.8, 4) is 11.1 Å². The van der Waals surface area contributed by atoms with Gasteiger partial charge in [-0.1, -0.05) is 36.4 Å². The number of halogens is 10. The summed E-state index contributed by atoms with van der Waals surface area (Å²) in [5.74, 6) is -8.71. The van der Waals surface area contributed by atoms with Crippen LogP contribution in [0, 0.1) is 5.82 Å². The number of alkyl halides is 9. The van der Waals surface area contributed by atoms with Gasteiger partial charge in [0.05, 0.1) is 0 Å². The maximum Gasteiger partial charge on any atom is 0.490 e. The van der Waals surface area contributed by atoms with Gasteiger partial charge in [-0.05, 0) is 59.5 Å². The molecule has 5 N–H and O–H groups in total. The Morgan fingerprint density at radius 2 is 1.21 bits per heavy atom. The molecule has 336 valence electrons. The second kappa shape index (κ2) is 23.3. The summed E-state index contributed by atoms with van der Waals surface area (Å²) < 4.78 is 110. The number of nitrogens with zero attached hydrogens (tertiary/aromatic N) is 3. The molecule has 2 aliphatic rings. The molecule has 0 unspecified atom stereocenters. The molecule has 0 spiro atoms. The molecule has 2 amide bonds. The molecule has 2 saturated heterocycles. The first kappa shape index (κ1) is 51.3. The predicted molar refractivity (Wildman–Crippen MR) is 196 cm³/mol. The summed E-state index contributed by atoms with van der Waals surface area (Å²) in [4.78, 5) is 57.1. The van der Waals surface area contributed by atoms with Crippen LogP contribution in [-0.4, -0.2) is 131 Å². The van der Waals surface area contributed by atoms with Gasteiger partial charge in [-0.25, -0.2) is 18.8 Å². The van der Waals surface area contributed by atoms with Crippen molar-refractivity contribution in [2.75, 3.05) is 45.8 Å². The third-order valence-electron chi connectivity index (χ3n) is 8.46. The fraction of sp³-hybridized carbons (Fsp3) is 0.395. The third kappa shape index (κ3) is 19.0. The normalized spacial score (nSPS) is 16.0. The Hall–Kier alpha value is -5.81. The van der Waals surface area contributed by atoms with E-state index in [4.69, 9.17) is 29.7 Å². The number of amides is 2. The Bertz CT molecular complexity index is 1880. The largest absolute Gasteiger partial charge is 0.490 e. The number of carbonyl (C=O) groups is 5. The monoisotopic (exact) mass is 885 g/mol. The van der Waals surface area contributed by atoms with E-state index in [9.17, 15) is 53.5 Å². The molecule has 23 heteroatoms. The minimum Gasteiger partial charge on any atom is -0.475 e. The van der Waals surface area contributed by atoms with E-state index >= 15 is 0 Å². The van der Waals surface area contributed by atoms with Crippen molar-refractivity contribution in [2.24, 2.45) is 0 Å². The number of carboxylic acids is 3. The van der Waals surface area contributed by atoms with Crippen molar-refractivity contribution >= 4 is 30.2 Å². The van der Waals surface area contributed by atoms with Crippen LogP contribution < -0.4 is 10.6 Å². The number of nitrogens with one attached hydrogen (secondary N) is 2. The molecule has 2 heterocycles. The van der Waals surface area contributed by atoms with Crippen LogP contribution in [0.4, 0.5) is 43.9 Å². The molecule has 61 heavy (non-hydrogen) atoms. The molecule has 0 bridgehead atoms. The highest BCUT2D eigenvalue weighted by Crippen LogP contribution is 2.26. The lowest BCUT2D eigenvalue weighted by atomic mass is 10.00. The highest BCUT2D eigenvalue weighted by molar-refractivity contribution is 5.94. The van der Waals surface area contributed by atoms with E-state index < -0.39 is 36.4 Å². The summed E-state index contributed by atoms with van der Waals surface area (Å²) in [6.45, 7) is 10.1. The Kier molecular flexibility index (Phi) is 19.6. The standard InChI is InChI=1S/C32H38FN5O2.3C2HF3O2/c1-24-20-38(11-10-34-24)22-26-4-2-6-28(16-26)30-18-25(8-9-31(30)33)19-35-32(40)29-7-3-5-27(17-29)21-36-12-14-37(23-39)15-13-36;3*3-2(4,5)1(6)7/h2-9,16-18,23-24,34H,10-15,19-22H2,1H3,(H,35,40);3*(H,6,7)/t24-;;;/m0.../s1. The van der Waals surface area contributed by atoms with Gasteiger partial charge < -0.3 is 30.9 Å². The van der Waals surface area contributed by atoms with Crippen LogP contribution >= 0.6 is 0 Å². The van der Waals surface area contributed by atoms with Gasteiger partial charge in [0.25, 0.3) is 5.91 Å². The van der Waals surface area contributed by atoms with Crippen molar-refractivity contribution in [1.82, 2.24) is 25.3 Å². The SMILES string of the molecule is C[C@H]1CN(Cc2cccc(-c3cc(CNC(=O)c4cccc(CN5CCN(C=O)CC5)c4)ccc3F)c2)CCN1.O=C(O)C(F)(F)F.O=C(O)C(F)(F)F.O=C(O)C(F)(F)F. The predicted octanol–water partition coefficient (Wildman–Crippen LogP) is 5.39. The lowest BCUT2D eigenvalue weighted by molar-refractivity contribution is -0.193. The molecule has 0 radical (unpaired) electrons. The van der Waals surface area contributed by atoms with Crippen molar-refractivity contribution in [2.45, 2.75) is 51.1 Å². The van der Waals surface area contributed by atoms with Crippen LogP contribution in [0.25, 0.3) is 11.1 Å². The quantitative estimate of drug-likeness (QED) is 0.138. The van der Waals surface area contributed by atoms with Crippen LogP contribution in [0.15, 0.2) is 66.7 Å². The average molecular weight is 886 g/mol. The van der Waals surface area contributed by atoms with Crippen LogP contribution in [0.5, 0.6) is 0 Å². The molecule has 0 aromatic heterocycles. The zero-order valence-corrected chi connectivity index (χ0v) is 32.1. The van der Waals surface area contributed by atoms with Gasteiger partial charge in [0.15, 0.2) is 0 Å². The summed E-state index contributed by atoms with van der Waals surface area (Å²) >= 11 is 0. The second-order valence-corrected chi connectivity index (χ2v) is 13.3. The minimum atomic E-state index is -5.08. The van der Waals surface area contributed by atoms with Gasteiger partial charge in [0.2, 0.25) is 6.41 Å². The molecule has 1 atom stereocenters. The summed E-state index contributed by atoms with van der Waals surface area (Å²) in [7, 11) is 0. The molecule has 0 saturated carbocycles. The fourth-order valence-electron chi connectivity index (χ4n) is 5.54. The van der Waals surface area contributed by atoms with Crippen molar-refractivity contribution in [3.63, 3.8) is 0 Å². The van der Waals surface area contributed by atoms with E-state index in [2.05, 4.69) is 39.5 Å². The molecule has 13 nitrogen and oxygen atoms in total. The lowest BCUT2D eigenvalue weighted by Gasteiger charge is -2.32. The second-order valence-electron chi connectivity index (χ2n) is 13.3. The molecule has 3 aromatic carbocycles. The van der Waals surface area contributed by atoms with Crippen molar-refractivity contribution < 1.29 is 83.2 Å². The van der Waals surface area contributed by atoms with Crippen LogP contribution in [0.1, 0.15) is 34.0 Å². The first-order valence-corrected chi connectivity index (χ1v) is 17.8. The summed E-state index contributed by atoms with van der Waals surface area (Å²) in [5.41, 5.74) is 5.05. The highest BCUT2D eigenvalue weighted by Gasteiger charge is 2.39. The van der Waals surface area contributed by atoms with Gasteiger partial charge in [0, 0.05) is 82.6 Å². The highest BCUT2D eigenvalue weighted by atomic mass is 19.4. The van der Waals surface area contributed by atoms with E-state index in [1.54, 1.807) is 11.0 Å². The van der Waals surface area contributed by atoms with E-state index in [0.717, 1.165) is 87.6 Å². The van der Waals surface area contributed by atoms with Crippen molar-refractivity contribution in [3.05, 3.63) is 94.8 Å². The first-order valence-electron chi connectivity index (χ1n) is 17.8. The summed E-state index contributed by atoms with van der Waals surface area (Å²) in [5, 5.41) is 27.8. The molecular formula is C38H41F10N5O8. The Morgan fingerprint density at radius 1 is 0.705 bits per heavy atom. The van der Waals surface area contributed by atoms with E-state index in [1.807, 2.05) is 42.5 Å². The van der Waals surface area contributed by atoms with Crippen LogP contribution in [0.3, 0.4) is 0 Å². The molecule has 2 aliphatic heterocycles. The Morgan fingerprint density at radius 3 is 1.72 bits per heavy atom. The topological polar surface area (TPSA) is 180 Å². The summed E-state index contributed by atoms with van der Waals surface area (Å²) in [6, 6.07) is 21.2. The van der Waals surface area contributed by atoms with Gasteiger partial charge >= 0.3 is 36.4 Å². The Balaban J connectivity index is 0.000000502. The van der Waals surface area contributed by atoms with Gasteiger partial charge in [-0.15, -0.1) is 0 Å². The maximum absolute atomic E-state index is 14.9. The zero-order valence-electron chi connectivity index (χ0n) is 32.1. The van der Waals surface area contributed by atoms with Crippen LogP contribution in [0.2, 0.25) is 0 Å². The smallest absolute Gasteiger partial charge is 0.475 e. The Labute approximate surface area is 341 Å². The maximum atomic E-state index is 14.9. The number of aliphatic carboxylic acids is 3. The number of carbonyl (C=O) groups excluding carboxylic acids is 2. The van der Waals surface area contributed by atoms with Crippen molar-refractivity contribution in [1.29, 1.82) is 0 Å². The molecule has 0 aliphatic carbocycles. The first-order chi connectivity index (χ1) is 28.3. The van der Waals surface area contributed by atoms with E-state index in [0.29, 0.717) is 23.7 Å². The zero-order chi connectivity index (χ0) is 46.1. The number of rotatable bonds is 9. The molecule has 3 aromatic rings. The average Bonchev–Trinajstić information content (AvgIpc) is 3.17. The summed E-state index contributed by atoms with van der Waals surface area (Å²) in [6.07, 6.45) is -14.3. The number of hydrogen-bond donors (Lipinski definition) is 5. The third-order valence-corrected chi connectivity index (χ3v) is 8.46. The van der Waals surface area contributed by atoms with E-state index in [1.165, 1.54) is 6.07 Å². The number of piperazine rings is 2. The van der Waals surface area contributed by atoms with Gasteiger partial charge in [0.1, 0.15) is 5.82 Å². The molecule has 2 fully saturated rings. The number of hydrogen-bond acceptors (Lipinski definition) is 8. The lowest BCUT2D eigenvalue weighted by Crippen LogP contribution is -2.48. The fourth-order valence-corrected chi connectivity index (χ4v) is 5.54. The minimum absolute atomic E-state index is 0.161. The number of benzene rings is 3. The van der Waals surface area contributed by atoms with E-state index in [-0.39, 0.29) is 11.7 Å². The van der Waals surface area contributed by atoms with Crippen LogP contribution in [-0.2, 0) is 38.8 Å². The van der Waals surface area contributed by atoms with Gasteiger partial charge in [-0.3, -0.25) is 19.4 Å².